The molecule has 0 radical (unpaired) electrons. The Hall–Kier alpha value is 1.15. The van der Waals surface area contributed by atoms with Crippen LogP contribution in [-0.4, -0.2) is 0 Å². The first-order chi connectivity index (χ1) is 4.22. The van der Waals surface area contributed by atoms with E-state index in [-0.39, 0.29) is 63.8 Å². The maximum Gasteiger partial charge on any atom is 1.00 e. The molecule has 0 aliphatic rings. The van der Waals surface area contributed by atoms with Crippen molar-refractivity contribution in [2.24, 2.45) is 0 Å². The van der Waals surface area contributed by atoms with Crippen molar-refractivity contribution < 1.29 is 63.8 Å². The van der Waals surface area contributed by atoms with Gasteiger partial charge < -0.3 is 12.4 Å². The monoisotopic (exact) mass is 194 g/mol. The molecule has 0 N–H and O–H groups in total. The molecule has 0 saturated heterocycles. The Morgan fingerprint density at radius 2 is 1.27 bits per heavy atom. The summed E-state index contributed by atoms with van der Waals surface area (Å²) in [5.74, 6) is 0. The minimum absolute atomic E-state index is 0. The van der Waals surface area contributed by atoms with Crippen molar-refractivity contribution in [3.8, 4) is 0 Å². The fourth-order valence-corrected chi connectivity index (χ4v) is 0.898. The first-order valence-electron chi connectivity index (χ1n) is 3.24. The molecule has 0 saturated carbocycles. The standard InChI is InChI=1S/C9H12.ClH.K/c1-7-5-4-6-8(2)9(7)3;;/h4-6H,1-3H3;1H;/q;;+1/p-1. The molecule has 1 aromatic rings. The second-order valence-electron chi connectivity index (χ2n) is 2.52. The number of aryl methyl sites for hydroxylation is 2. The van der Waals surface area contributed by atoms with Crippen molar-refractivity contribution in [1.29, 1.82) is 0 Å². The van der Waals surface area contributed by atoms with Gasteiger partial charge in [-0.3, -0.25) is 0 Å². The Bertz CT molecular complexity index is 201. The van der Waals surface area contributed by atoms with E-state index in [1.807, 2.05) is 0 Å². The summed E-state index contributed by atoms with van der Waals surface area (Å²) in [6.07, 6.45) is 0. The third kappa shape index (κ3) is 4.06. The molecule has 0 amide bonds. The third-order valence-corrected chi connectivity index (χ3v) is 1.88. The van der Waals surface area contributed by atoms with Crippen LogP contribution in [0.3, 0.4) is 0 Å². The molecule has 0 fully saturated rings. The van der Waals surface area contributed by atoms with Crippen molar-refractivity contribution in [2.45, 2.75) is 20.8 Å². The van der Waals surface area contributed by atoms with Gasteiger partial charge in [0, 0.05) is 0 Å². The van der Waals surface area contributed by atoms with Gasteiger partial charge >= 0.3 is 51.4 Å². The van der Waals surface area contributed by atoms with Gasteiger partial charge in [0.25, 0.3) is 0 Å². The molecule has 0 aliphatic carbocycles. The minimum Gasteiger partial charge on any atom is -1.00 e. The summed E-state index contributed by atoms with van der Waals surface area (Å²) in [5, 5.41) is 0. The van der Waals surface area contributed by atoms with Crippen LogP contribution in [0.4, 0.5) is 0 Å². The first kappa shape index (κ1) is 14.7. The molecule has 0 spiro atoms. The molecule has 0 heterocycles. The number of halogens is 1. The number of hydrogen-bond donors (Lipinski definition) is 0. The van der Waals surface area contributed by atoms with E-state index in [1.54, 1.807) is 0 Å². The Kier molecular flexibility index (Phi) is 8.85. The zero-order valence-corrected chi connectivity index (χ0v) is 11.5. The molecular formula is C9H12ClK. The van der Waals surface area contributed by atoms with Gasteiger partial charge in [-0.05, 0) is 37.5 Å². The molecule has 11 heavy (non-hydrogen) atoms. The van der Waals surface area contributed by atoms with Gasteiger partial charge in [0.15, 0.2) is 0 Å². The van der Waals surface area contributed by atoms with Gasteiger partial charge in [-0.2, -0.15) is 0 Å². The summed E-state index contributed by atoms with van der Waals surface area (Å²) in [7, 11) is 0. The van der Waals surface area contributed by atoms with Crippen LogP contribution in [-0.2, 0) is 0 Å². The zero-order valence-electron chi connectivity index (χ0n) is 7.61. The third-order valence-electron chi connectivity index (χ3n) is 1.88. The van der Waals surface area contributed by atoms with Crippen molar-refractivity contribution >= 4 is 0 Å². The van der Waals surface area contributed by atoms with E-state index in [4.69, 9.17) is 0 Å². The quantitative estimate of drug-likeness (QED) is 0.379. The maximum atomic E-state index is 2.16. The largest absolute Gasteiger partial charge is 1.00 e. The van der Waals surface area contributed by atoms with Crippen molar-refractivity contribution in [3.05, 3.63) is 34.9 Å². The SMILES string of the molecule is Cc1cccc(C)c1C.[Cl-].[K+]. The van der Waals surface area contributed by atoms with Crippen molar-refractivity contribution in [2.75, 3.05) is 0 Å². The van der Waals surface area contributed by atoms with Gasteiger partial charge in [0.2, 0.25) is 0 Å². The minimum atomic E-state index is 0. The summed E-state index contributed by atoms with van der Waals surface area (Å²) >= 11 is 0. The summed E-state index contributed by atoms with van der Waals surface area (Å²) in [6.45, 7) is 6.44. The summed E-state index contributed by atoms with van der Waals surface area (Å²) in [5.41, 5.74) is 4.18. The Morgan fingerprint density at radius 1 is 0.909 bits per heavy atom. The second kappa shape index (κ2) is 6.64. The Morgan fingerprint density at radius 3 is 1.55 bits per heavy atom. The predicted octanol–water partition coefficient (Wildman–Crippen LogP) is -3.38. The average molecular weight is 195 g/mol. The molecule has 0 nitrogen and oxygen atoms in total. The second-order valence-corrected chi connectivity index (χ2v) is 2.52. The molecule has 0 aromatic heterocycles. The van der Waals surface area contributed by atoms with Crippen molar-refractivity contribution in [3.63, 3.8) is 0 Å². The fourth-order valence-electron chi connectivity index (χ4n) is 0.898. The average Bonchev–Trinajstić information content (AvgIpc) is 1.83. The van der Waals surface area contributed by atoms with Gasteiger partial charge in [0.05, 0.1) is 0 Å². The van der Waals surface area contributed by atoms with Crippen LogP contribution >= 0.6 is 0 Å². The Labute approximate surface area is 118 Å². The van der Waals surface area contributed by atoms with E-state index in [0.29, 0.717) is 0 Å². The van der Waals surface area contributed by atoms with E-state index >= 15 is 0 Å². The predicted molar refractivity (Wildman–Crippen MR) is 40.7 cm³/mol. The van der Waals surface area contributed by atoms with Crippen LogP contribution in [0.2, 0.25) is 0 Å². The van der Waals surface area contributed by atoms with Crippen LogP contribution in [0.15, 0.2) is 18.2 Å². The summed E-state index contributed by atoms with van der Waals surface area (Å²) in [6, 6.07) is 6.38. The topological polar surface area (TPSA) is 0 Å². The van der Waals surface area contributed by atoms with Crippen LogP contribution < -0.4 is 63.8 Å². The van der Waals surface area contributed by atoms with Crippen LogP contribution in [0.5, 0.6) is 0 Å². The van der Waals surface area contributed by atoms with Gasteiger partial charge in [0.1, 0.15) is 0 Å². The number of hydrogen-bond acceptors (Lipinski definition) is 0. The van der Waals surface area contributed by atoms with Gasteiger partial charge in [-0.1, -0.05) is 18.2 Å². The smallest absolute Gasteiger partial charge is 1.00 e. The maximum absolute atomic E-state index is 2.16. The molecular weight excluding hydrogens is 183 g/mol. The molecule has 0 bridgehead atoms. The van der Waals surface area contributed by atoms with E-state index < -0.39 is 0 Å². The summed E-state index contributed by atoms with van der Waals surface area (Å²) < 4.78 is 0. The molecule has 1 rings (SSSR count). The molecule has 56 valence electrons. The number of rotatable bonds is 0. The van der Waals surface area contributed by atoms with Crippen LogP contribution in [0, 0.1) is 20.8 Å². The first-order valence-corrected chi connectivity index (χ1v) is 3.24. The molecule has 0 atom stereocenters. The van der Waals surface area contributed by atoms with Crippen molar-refractivity contribution in [1.82, 2.24) is 0 Å². The molecule has 2 heteroatoms. The normalized spacial score (nSPS) is 7.91. The summed E-state index contributed by atoms with van der Waals surface area (Å²) in [4.78, 5) is 0. The molecule has 0 unspecified atom stereocenters. The van der Waals surface area contributed by atoms with E-state index in [2.05, 4.69) is 39.0 Å². The van der Waals surface area contributed by atoms with Gasteiger partial charge in [-0.15, -0.1) is 0 Å². The van der Waals surface area contributed by atoms with Gasteiger partial charge in [-0.25, -0.2) is 0 Å². The fraction of sp³-hybridized carbons (Fsp3) is 0.333. The Balaban J connectivity index is 0. The number of benzene rings is 1. The van der Waals surface area contributed by atoms with Crippen LogP contribution in [0.25, 0.3) is 0 Å². The van der Waals surface area contributed by atoms with E-state index in [0.717, 1.165) is 0 Å². The molecule has 1 aromatic carbocycles. The zero-order chi connectivity index (χ0) is 6.85. The van der Waals surface area contributed by atoms with E-state index in [9.17, 15) is 0 Å². The van der Waals surface area contributed by atoms with E-state index in [1.165, 1.54) is 16.7 Å². The molecule has 0 aliphatic heterocycles. The van der Waals surface area contributed by atoms with Crippen LogP contribution in [0.1, 0.15) is 16.7 Å².